The predicted molar refractivity (Wildman–Crippen MR) is 162 cm³/mol. The first-order valence-corrected chi connectivity index (χ1v) is 15.1. The van der Waals surface area contributed by atoms with E-state index in [-0.39, 0.29) is 36.6 Å². The van der Waals surface area contributed by atoms with Crippen molar-refractivity contribution in [1.82, 2.24) is 4.90 Å². The van der Waals surface area contributed by atoms with E-state index in [1.807, 2.05) is 79.9 Å². The van der Waals surface area contributed by atoms with Gasteiger partial charge in [-0.2, -0.15) is 0 Å². The third-order valence-corrected chi connectivity index (χ3v) is 9.32. The van der Waals surface area contributed by atoms with E-state index in [1.165, 1.54) is 16.2 Å². The number of amides is 2. The third kappa shape index (κ3) is 5.94. The first kappa shape index (κ1) is 29.0. The van der Waals surface area contributed by atoms with Crippen molar-refractivity contribution in [3.63, 3.8) is 0 Å². The molecule has 2 amide bonds. The molecular formula is C34H37NO5S. The number of imide groups is 1. The Kier molecular flexibility index (Phi) is 8.88. The van der Waals surface area contributed by atoms with Crippen molar-refractivity contribution in [2.45, 2.75) is 45.8 Å². The number of thiophene rings is 1. The van der Waals surface area contributed by atoms with E-state index in [1.54, 1.807) is 12.1 Å². The number of fused-ring (bicyclic) bond motifs is 1. The van der Waals surface area contributed by atoms with Crippen molar-refractivity contribution in [3.8, 4) is 5.75 Å². The number of phenols is 1. The molecule has 3 aromatic rings. The van der Waals surface area contributed by atoms with E-state index in [4.69, 9.17) is 0 Å². The Morgan fingerprint density at radius 1 is 1.02 bits per heavy atom. The lowest BCUT2D eigenvalue weighted by Crippen LogP contribution is -2.39. The van der Waals surface area contributed by atoms with Crippen LogP contribution in [0.2, 0.25) is 0 Å². The minimum absolute atomic E-state index is 0.0503. The fourth-order valence-corrected chi connectivity index (χ4v) is 7.11. The second-order valence-electron chi connectivity index (χ2n) is 11.3. The lowest BCUT2D eigenvalue weighted by molar-refractivity contribution is -0.140. The van der Waals surface area contributed by atoms with E-state index in [0.717, 1.165) is 21.6 Å². The molecule has 6 nitrogen and oxygen atoms in total. The van der Waals surface area contributed by atoms with Crippen molar-refractivity contribution >= 4 is 34.8 Å². The molecule has 1 aliphatic carbocycles. The molecule has 1 aliphatic heterocycles. The van der Waals surface area contributed by atoms with Crippen LogP contribution in [0.4, 0.5) is 0 Å². The Hall–Kier alpha value is -3.52. The van der Waals surface area contributed by atoms with Crippen LogP contribution >= 0.6 is 11.3 Å². The Balaban J connectivity index is 1.43. The molecule has 0 bridgehead atoms. The van der Waals surface area contributed by atoms with Gasteiger partial charge < -0.3 is 15.3 Å². The highest BCUT2D eigenvalue weighted by atomic mass is 32.1. The minimum atomic E-state index is -0.892. The maximum atomic E-state index is 13.6. The zero-order valence-electron chi connectivity index (χ0n) is 23.4. The van der Waals surface area contributed by atoms with Crippen LogP contribution in [0.3, 0.4) is 0 Å². The summed E-state index contributed by atoms with van der Waals surface area (Å²) in [5.41, 5.74) is 4.31. The number of aromatic hydroxyl groups is 1. The summed E-state index contributed by atoms with van der Waals surface area (Å²) in [6, 6.07) is 20.8. The second kappa shape index (κ2) is 12.6. The zero-order chi connectivity index (χ0) is 29.1. The normalized spacial score (nSPS) is 22.0. The highest BCUT2D eigenvalue weighted by Crippen LogP contribution is 2.48. The minimum Gasteiger partial charge on any atom is -0.507 e. The van der Waals surface area contributed by atoms with Gasteiger partial charge >= 0.3 is 0 Å². The number of para-hydroxylation sites is 1. The van der Waals surface area contributed by atoms with Gasteiger partial charge in [0, 0.05) is 16.4 Å². The molecule has 1 fully saturated rings. The topological polar surface area (TPSA) is 98.1 Å². The average Bonchev–Trinajstić information content (AvgIpc) is 3.58. The molecule has 1 saturated heterocycles. The number of phenolic OH excluding ortho intramolecular Hbond substituents is 1. The molecule has 5 rings (SSSR count). The summed E-state index contributed by atoms with van der Waals surface area (Å²) in [6.45, 7) is 4.01. The highest BCUT2D eigenvalue weighted by molar-refractivity contribution is 7.09. The molecule has 0 unspecified atom stereocenters. The van der Waals surface area contributed by atoms with E-state index < -0.39 is 23.9 Å². The number of hydrogen-bond acceptors (Lipinski definition) is 6. The molecule has 41 heavy (non-hydrogen) atoms. The van der Waals surface area contributed by atoms with Gasteiger partial charge in [-0.3, -0.25) is 14.5 Å². The van der Waals surface area contributed by atoms with Crippen LogP contribution in [0.15, 0.2) is 83.3 Å². The number of rotatable bonds is 10. The summed E-state index contributed by atoms with van der Waals surface area (Å²) in [6.07, 6.45) is 2.34. The lowest BCUT2D eigenvalue weighted by atomic mass is 9.66. The van der Waals surface area contributed by atoms with Gasteiger partial charge in [0.25, 0.3) is 0 Å². The molecule has 1 aromatic heterocycles. The second-order valence-corrected chi connectivity index (χ2v) is 12.3. The quantitative estimate of drug-likeness (QED) is 0.160. The van der Waals surface area contributed by atoms with Crippen LogP contribution in [0, 0.1) is 23.7 Å². The number of aliphatic hydroxyl groups is 2. The van der Waals surface area contributed by atoms with Crippen LogP contribution in [-0.4, -0.2) is 44.7 Å². The van der Waals surface area contributed by atoms with Gasteiger partial charge in [0.15, 0.2) is 0 Å². The maximum Gasteiger partial charge on any atom is 0.234 e. The van der Waals surface area contributed by atoms with Crippen molar-refractivity contribution in [3.05, 3.63) is 99.3 Å². The van der Waals surface area contributed by atoms with Crippen LogP contribution in [0.1, 0.15) is 49.1 Å². The monoisotopic (exact) mass is 571 g/mol. The molecule has 0 saturated carbocycles. The van der Waals surface area contributed by atoms with Gasteiger partial charge in [0.1, 0.15) is 5.75 Å². The van der Waals surface area contributed by atoms with Crippen LogP contribution < -0.4 is 0 Å². The van der Waals surface area contributed by atoms with Gasteiger partial charge in [-0.1, -0.05) is 74.0 Å². The summed E-state index contributed by atoms with van der Waals surface area (Å²) in [5.74, 6) is -2.03. The molecule has 7 heteroatoms. The van der Waals surface area contributed by atoms with Gasteiger partial charge in [0.05, 0.1) is 31.1 Å². The van der Waals surface area contributed by atoms with Crippen LogP contribution in [0.25, 0.3) is 11.6 Å². The maximum absolute atomic E-state index is 13.6. The summed E-state index contributed by atoms with van der Waals surface area (Å²) >= 11 is 1.51. The predicted octanol–water partition coefficient (Wildman–Crippen LogP) is 5.90. The standard InChI is InChI=1S/C34H37NO5S/c1-21(2)26-18-27-32(34(40)35(33(27)39)19-25-12-8-16-41-25)28(20-36)31(26)30(38)15-14-23(22-9-4-3-5-10-22)17-24-11-6-7-13-29(24)37/h3-13,16-17,21,27-28,30,32,36-38H,14-15,18-20H2,1-2H3/b23-17-/t27-,28+,30-,32-/m1/s1. The van der Waals surface area contributed by atoms with E-state index >= 15 is 0 Å². The highest BCUT2D eigenvalue weighted by Gasteiger charge is 2.55. The zero-order valence-corrected chi connectivity index (χ0v) is 24.3. The number of allylic oxidation sites excluding steroid dienone is 2. The number of benzene rings is 2. The van der Waals surface area contributed by atoms with Gasteiger partial charge in [-0.05, 0) is 65.5 Å². The Labute approximate surface area is 245 Å². The molecule has 214 valence electrons. The Bertz CT molecular complexity index is 1440. The van der Waals surface area contributed by atoms with Crippen molar-refractivity contribution < 1.29 is 24.9 Å². The smallest absolute Gasteiger partial charge is 0.234 e. The number of aliphatic hydroxyl groups excluding tert-OH is 2. The number of carbonyl (C=O) groups is 2. The SMILES string of the molecule is CC(C)C1=C([C@H](O)CC/C(=C/c2ccccc2O)c2ccccc2)[C@H](CO)[C@@H]2C(=O)N(Cc3cccs3)C(=O)[C@@H]2C1. The molecule has 2 aliphatic rings. The van der Waals surface area contributed by atoms with Crippen molar-refractivity contribution in [1.29, 1.82) is 0 Å². The first-order chi connectivity index (χ1) is 19.8. The summed E-state index contributed by atoms with van der Waals surface area (Å²) < 4.78 is 0. The molecule has 2 aromatic carbocycles. The van der Waals surface area contributed by atoms with Crippen LogP contribution in [0.5, 0.6) is 5.75 Å². The fraction of sp³-hybridized carbons (Fsp3) is 0.353. The van der Waals surface area contributed by atoms with Gasteiger partial charge in [-0.25, -0.2) is 0 Å². The van der Waals surface area contributed by atoms with Gasteiger partial charge in [0.2, 0.25) is 11.8 Å². The third-order valence-electron chi connectivity index (χ3n) is 8.46. The first-order valence-electron chi connectivity index (χ1n) is 14.2. The summed E-state index contributed by atoms with van der Waals surface area (Å²) in [5, 5.41) is 34.6. The van der Waals surface area contributed by atoms with Gasteiger partial charge in [-0.15, -0.1) is 11.3 Å². The average molecular weight is 572 g/mol. The summed E-state index contributed by atoms with van der Waals surface area (Å²) in [7, 11) is 0. The Morgan fingerprint density at radius 3 is 2.41 bits per heavy atom. The lowest BCUT2D eigenvalue weighted by Gasteiger charge is -2.38. The number of carbonyl (C=O) groups excluding carboxylic acids is 2. The van der Waals surface area contributed by atoms with E-state index in [0.29, 0.717) is 30.4 Å². The van der Waals surface area contributed by atoms with E-state index in [9.17, 15) is 24.9 Å². The fourth-order valence-electron chi connectivity index (χ4n) is 6.42. The van der Waals surface area contributed by atoms with Crippen molar-refractivity contribution in [2.24, 2.45) is 23.7 Å². The molecule has 0 spiro atoms. The van der Waals surface area contributed by atoms with Crippen molar-refractivity contribution in [2.75, 3.05) is 6.61 Å². The van der Waals surface area contributed by atoms with E-state index in [2.05, 4.69) is 0 Å². The number of hydrogen-bond donors (Lipinski definition) is 3. The summed E-state index contributed by atoms with van der Waals surface area (Å²) in [4.78, 5) is 29.4. The molecule has 3 N–H and O–H groups in total. The molecule has 4 atom stereocenters. The largest absolute Gasteiger partial charge is 0.507 e. The number of nitrogens with zero attached hydrogens (tertiary/aromatic N) is 1. The Morgan fingerprint density at radius 2 is 1.76 bits per heavy atom. The number of likely N-dealkylation sites (tertiary alicyclic amines) is 1. The van der Waals surface area contributed by atoms with Crippen LogP contribution in [-0.2, 0) is 16.1 Å². The molecule has 2 heterocycles. The molecule has 0 radical (unpaired) electrons. The molecular weight excluding hydrogens is 534 g/mol.